The summed E-state index contributed by atoms with van der Waals surface area (Å²) in [7, 11) is 1.54. The van der Waals surface area contributed by atoms with Crippen molar-refractivity contribution in [3.63, 3.8) is 0 Å². The van der Waals surface area contributed by atoms with Gasteiger partial charge in [-0.2, -0.15) is 0 Å². The molecule has 100 valence electrons. The average molecular weight is 277 g/mol. The first kappa shape index (κ1) is 13.4. The number of benzene rings is 1. The number of rotatable bonds is 4. The van der Waals surface area contributed by atoms with Gasteiger partial charge in [-0.05, 0) is 19.1 Å². The summed E-state index contributed by atoms with van der Waals surface area (Å²) in [6.07, 6.45) is 1.76. The zero-order valence-electron chi connectivity index (χ0n) is 10.8. The molecule has 0 fully saturated rings. The van der Waals surface area contributed by atoms with Gasteiger partial charge in [0.1, 0.15) is 5.75 Å². The number of carbonyl (C=O) groups excluding carboxylic acids is 1. The largest absolute Gasteiger partial charge is 0.497 e. The number of nitrogens with zero attached hydrogens (tertiary/aromatic N) is 1. The van der Waals surface area contributed by atoms with Gasteiger partial charge in [-0.3, -0.25) is 4.79 Å². The quantitative estimate of drug-likeness (QED) is 0.838. The van der Waals surface area contributed by atoms with Gasteiger partial charge in [0.2, 0.25) is 0 Å². The van der Waals surface area contributed by atoms with Crippen molar-refractivity contribution >= 4 is 22.9 Å². The van der Waals surface area contributed by atoms with Crippen LogP contribution in [0, 0.1) is 6.92 Å². The number of thiazole rings is 1. The summed E-state index contributed by atoms with van der Waals surface area (Å²) in [6.45, 7) is 2.39. The number of hydrogen-bond donors (Lipinski definition) is 2. The number of methoxy groups -OCH3 is 1. The van der Waals surface area contributed by atoms with E-state index in [-0.39, 0.29) is 5.91 Å². The molecule has 6 heteroatoms. The van der Waals surface area contributed by atoms with Gasteiger partial charge in [-0.25, -0.2) is 4.98 Å². The van der Waals surface area contributed by atoms with E-state index in [0.29, 0.717) is 23.5 Å². The second-order valence-corrected chi connectivity index (χ2v) is 5.34. The standard InChI is InChI=1S/C13H15N3O2S/c1-8-15-6-12(19-8)7-16-13(17)9-3-10(14)5-11(4-9)18-2/h3-6H,7,14H2,1-2H3,(H,16,17). The van der Waals surface area contributed by atoms with Crippen LogP contribution >= 0.6 is 11.3 Å². The van der Waals surface area contributed by atoms with Gasteiger partial charge in [-0.15, -0.1) is 11.3 Å². The number of aryl methyl sites for hydroxylation is 1. The van der Waals surface area contributed by atoms with Crippen LogP contribution in [-0.4, -0.2) is 18.0 Å². The summed E-state index contributed by atoms with van der Waals surface area (Å²) in [5.74, 6) is 0.385. The Morgan fingerprint density at radius 3 is 2.89 bits per heavy atom. The van der Waals surface area contributed by atoms with E-state index in [9.17, 15) is 4.79 Å². The third-order valence-electron chi connectivity index (χ3n) is 2.52. The first-order chi connectivity index (χ1) is 9.08. The Morgan fingerprint density at radius 2 is 2.26 bits per heavy atom. The molecule has 0 bridgehead atoms. The second-order valence-electron chi connectivity index (χ2n) is 4.02. The number of amides is 1. The fourth-order valence-corrected chi connectivity index (χ4v) is 2.36. The summed E-state index contributed by atoms with van der Waals surface area (Å²) < 4.78 is 5.08. The normalized spacial score (nSPS) is 10.2. The minimum atomic E-state index is -0.184. The molecule has 0 saturated carbocycles. The molecule has 1 aromatic heterocycles. The van der Waals surface area contributed by atoms with Crippen LogP contribution in [0.3, 0.4) is 0 Å². The summed E-state index contributed by atoms with van der Waals surface area (Å²) in [6, 6.07) is 4.95. The van der Waals surface area contributed by atoms with Crippen molar-refractivity contribution in [2.24, 2.45) is 0 Å². The predicted molar refractivity (Wildman–Crippen MR) is 75.4 cm³/mol. The first-order valence-electron chi connectivity index (χ1n) is 5.72. The van der Waals surface area contributed by atoms with Crippen molar-refractivity contribution in [2.75, 3.05) is 12.8 Å². The highest BCUT2D eigenvalue weighted by atomic mass is 32.1. The van der Waals surface area contributed by atoms with Gasteiger partial charge in [0.15, 0.2) is 0 Å². The Kier molecular flexibility index (Phi) is 4.01. The van der Waals surface area contributed by atoms with Crippen molar-refractivity contribution < 1.29 is 9.53 Å². The van der Waals surface area contributed by atoms with Gasteiger partial charge < -0.3 is 15.8 Å². The summed E-state index contributed by atoms with van der Waals surface area (Å²) in [4.78, 5) is 17.2. The van der Waals surface area contributed by atoms with Crippen LogP contribution in [0.5, 0.6) is 5.75 Å². The maximum atomic E-state index is 12.0. The molecule has 1 heterocycles. The van der Waals surface area contributed by atoms with Crippen molar-refractivity contribution in [1.29, 1.82) is 0 Å². The molecule has 0 radical (unpaired) electrons. The van der Waals surface area contributed by atoms with Crippen LogP contribution in [-0.2, 0) is 6.54 Å². The molecule has 0 spiro atoms. The van der Waals surface area contributed by atoms with Crippen molar-refractivity contribution in [3.8, 4) is 5.75 Å². The molecule has 3 N–H and O–H groups in total. The molecular weight excluding hydrogens is 262 g/mol. The van der Waals surface area contributed by atoms with E-state index >= 15 is 0 Å². The lowest BCUT2D eigenvalue weighted by atomic mass is 10.1. The number of ether oxygens (including phenoxy) is 1. The van der Waals surface area contributed by atoms with E-state index in [2.05, 4.69) is 10.3 Å². The van der Waals surface area contributed by atoms with Gasteiger partial charge in [0.05, 0.1) is 18.7 Å². The lowest BCUT2D eigenvalue weighted by Gasteiger charge is -2.07. The Labute approximate surface area is 115 Å². The summed E-state index contributed by atoms with van der Waals surface area (Å²) >= 11 is 1.56. The van der Waals surface area contributed by atoms with Gasteiger partial charge >= 0.3 is 0 Å². The van der Waals surface area contributed by atoms with Crippen molar-refractivity contribution in [1.82, 2.24) is 10.3 Å². The van der Waals surface area contributed by atoms with Crippen LogP contribution in [0.4, 0.5) is 5.69 Å². The first-order valence-corrected chi connectivity index (χ1v) is 6.54. The molecule has 19 heavy (non-hydrogen) atoms. The van der Waals surface area contributed by atoms with E-state index in [0.717, 1.165) is 9.88 Å². The highest BCUT2D eigenvalue weighted by Gasteiger charge is 2.09. The zero-order valence-corrected chi connectivity index (χ0v) is 11.6. The minimum absolute atomic E-state index is 0.184. The summed E-state index contributed by atoms with van der Waals surface area (Å²) in [5, 5.41) is 3.81. The van der Waals surface area contributed by atoms with Gasteiger partial charge in [0.25, 0.3) is 5.91 Å². The summed E-state index contributed by atoms with van der Waals surface area (Å²) in [5.41, 5.74) is 6.70. The fourth-order valence-electron chi connectivity index (χ4n) is 1.63. The smallest absolute Gasteiger partial charge is 0.251 e. The maximum absolute atomic E-state index is 12.0. The highest BCUT2D eigenvalue weighted by Crippen LogP contribution is 2.18. The van der Waals surface area contributed by atoms with E-state index in [1.54, 1.807) is 35.7 Å². The lowest BCUT2D eigenvalue weighted by Crippen LogP contribution is -2.22. The number of nitrogens with one attached hydrogen (secondary N) is 1. The van der Waals surface area contributed by atoms with E-state index in [1.165, 1.54) is 7.11 Å². The second kappa shape index (κ2) is 5.71. The molecule has 0 saturated heterocycles. The van der Waals surface area contributed by atoms with E-state index in [1.807, 2.05) is 6.92 Å². The Hall–Kier alpha value is -2.08. The van der Waals surface area contributed by atoms with Crippen LogP contribution in [0.2, 0.25) is 0 Å². The third-order valence-corrected chi connectivity index (χ3v) is 3.43. The highest BCUT2D eigenvalue weighted by molar-refractivity contribution is 7.11. The van der Waals surface area contributed by atoms with Gasteiger partial charge in [0, 0.05) is 28.4 Å². The monoisotopic (exact) mass is 277 g/mol. The molecule has 1 amide bonds. The SMILES string of the molecule is COc1cc(N)cc(C(=O)NCc2cnc(C)s2)c1. The van der Waals surface area contributed by atoms with Crippen LogP contribution in [0.25, 0.3) is 0 Å². The Morgan fingerprint density at radius 1 is 1.47 bits per heavy atom. The molecular formula is C13H15N3O2S. The molecule has 0 aliphatic rings. The fraction of sp³-hybridized carbons (Fsp3) is 0.231. The lowest BCUT2D eigenvalue weighted by molar-refractivity contribution is 0.0951. The van der Waals surface area contributed by atoms with Crippen molar-refractivity contribution in [3.05, 3.63) is 39.8 Å². The minimum Gasteiger partial charge on any atom is -0.497 e. The molecule has 0 aliphatic carbocycles. The number of anilines is 1. The molecule has 2 aromatic rings. The molecule has 0 unspecified atom stereocenters. The topological polar surface area (TPSA) is 77.2 Å². The van der Waals surface area contributed by atoms with Crippen LogP contribution in [0.15, 0.2) is 24.4 Å². The third kappa shape index (κ3) is 3.45. The molecule has 1 aromatic carbocycles. The number of aromatic nitrogens is 1. The maximum Gasteiger partial charge on any atom is 0.251 e. The number of hydrogen-bond acceptors (Lipinski definition) is 5. The number of nitrogens with two attached hydrogens (primary N) is 1. The molecule has 5 nitrogen and oxygen atoms in total. The van der Waals surface area contributed by atoms with E-state index in [4.69, 9.17) is 10.5 Å². The average Bonchev–Trinajstić information content (AvgIpc) is 2.81. The predicted octanol–water partition coefficient (Wildman–Crippen LogP) is 1.97. The Bertz CT molecular complexity index is 595. The van der Waals surface area contributed by atoms with Crippen LogP contribution < -0.4 is 15.8 Å². The molecule has 0 atom stereocenters. The Balaban J connectivity index is 2.05. The molecule has 2 rings (SSSR count). The zero-order chi connectivity index (χ0) is 13.8. The number of carbonyl (C=O) groups is 1. The van der Waals surface area contributed by atoms with Crippen LogP contribution in [0.1, 0.15) is 20.2 Å². The number of nitrogen functional groups attached to an aromatic ring is 1. The van der Waals surface area contributed by atoms with Gasteiger partial charge in [-0.1, -0.05) is 0 Å². The molecule has 0 aliphatic heterocycles. The van der Waals surface area contributed by atoms with Crippen molar-refractivity contribution in [2.45, 2.75) is 13.5 Å². The van der Waals surface area contributed by atoms with E-state index < -0.39 is 0 Å².